The molecule has 0 atom stereocenters. The molecule has 0 aliphatic carbocycles. The third-order valence-corrected chi connectivity index (χ3v) is 4.73. The lowest BCUT2D eigenvalue weighted by molar-refractivity contribution is 0.0628. The Morgan fingerprint density at radius 3 is 2.50 bits per heavy atom. The van der Waals surface area contributed by atoms with Gasteiger partial charge in [-0.15, -0.1) is 11.3 Å². The van der Waals surface area contributed by atoms with Crippen LogP contribution in [0, 0.1) is 12.7 Å². The van der Waals surface area contributed by atoms with E-state index in [1.54, 1.807) is 23.5 Å². The lowest BCUT2D eigenvalue weighted by atomic mass is 10.2. The van der Waals surface area contributed by atoms with E-state index in [1.165, 1.54) is 12.1 Å². The number of piperazine rings is 1. The first-order valence-electron chi connectivity index (χ1n) is 7.30. The first-order valence-corrected chi connectivity index (χ1v) is 8.18. The minimum atomic E-state index is -0.319. The van der Waals surface area contributed by atoms with Gasteiger partial charge in [0.1, 0.15) is 10.8 Å². The summed E-state index contributed by atoms with van der Waals surface area (Å²) in [6.07, 6.45) is 0. The fraction of sp³-hybridized carbons (Fsp3) is 0.375. The maximum atomic E-state index is 12.9. The number of carbonyl (C=O) groups excluding carboxylic acids is 1. The van der Waals surface area contributed by atoms with Gasteiger partial charge in [0, 0.05) is 42.8 Å². The van der Waals surface area contributed by atoms with Crippen LogP contribution < -0.4 is 0 Å². The monoisotopic (exact) mass is 319 g/mol. The van der Waals surface area contributed by atoms with Crippen LogP contribution in [0.4, 0.5) is 4.39 Å². The Morgan fingerprint density at radius 1 is 1.23 bits per heavy atom. The van der Waals surface area contributed by atoms with Crippen molar-refractivity contribution in [1.82, 2.24) is 14.8 Å². The first-order chi connectivity index (χ1) is 10.6. The van der Waals surface area contributed by atoms with Crippen LogP contribution in [0.1, 0.15) is 21.1 Å². The van der Waals surface area contributed by atoms with Crippen LogP contribution in [-0.2, 0) is 6.54 Å². The van der Waals surface area contributed by atoms with Crippen molar-refractivity contribution < 1.29 is 9.18 Å². The van der Waals surface area contributed by atoms with Crippen LogP contribution in [0.15, 0.2) is 29.6 Å². The minimum Gasteiger partial charge on any atom is -0.336 e. The summed E-state index contributed by atoms with van der Waals surface area (Å²) in [6.45, 7) is 5.91. The Hall–Kier alpha value is -1.79. The van der Waals surface area contributed by atoms with E-state index >= 15 is 0 Å². The van der Waals surface area contributed by atoms with Gasteiger partial charge in [0.25, 0.3) is 5.91 Å². The largest absolute Gasteiger partial charge is 0.336 e. The Labute approximate surface area is 133 Å². The number of thiazole rings is 1. The summed E-state index contributed by atoms with van der Waals surface area (Å²) in [5.74, 6) is -0.343. The van der Waals surface area contributed by atoms with E-state index in [0.29, 0.717) is 18.7 Å². The summed E-state index contributed by atoms with van der Waals surface area (Å²) in [6, 6.07) is 5.74. The first kappa shape index (κ1) is 15.1. The summed E-state index contributed by atoms with van der Waals surface area (Å²) >= 11 is 1.68. The zero-order valence-corrected chi connectivity index (χ0v) is 13.3. The fourth-order valence-corrected chi connectivity index (χ4v) is 3.36. The molecule has 1 aromatic heterocycles. The number of hydrogen-bond acceptors (Lipinski definition) is 4. The van der Waals surface area contributed by atoms with Gasteiger partial charge in [-0.3, -0.25) is 9.69 Å². The van der Waals surface area contributed by atoms with E-state index in [0.717, 1.165) is 30.3 Å². The number of amides is 1. The number of carbonyl (C=O) groups is 1. The molecule has 3 rings (SSSR count). The van der Waals surface area contributed by atoms with Gasteiger partial charge in [0.05, 0.1) is 6.54 Å². The molecular formula is C16H18FN3OS. The molecule has 1 saturated heterocycles. The van der Waals surface area contributed by atoms with E-state index in [4.69, 9.17) is 0 Å². The molecule has 1 aromatic carbocycles. The Morgan fingerprint density at radius 2 is 1.91 bits per heavy atom. The van der Waals surface area contributed by atoms with E-state index in [-0.39, 0.29) is 11.7 Å². The number of aryl methyl sites for hydroxylation is 1. The molecule has 116 valence electrons. The van der Waals surface area contributed by atoms with E-state index < -0.39 is 0 Å². The highest BCUT2D eigenvalue weighted by Gasteiger charge is 2.22. The number of nitrogens with zero attached hydrogens (tertiary/aromatic N) is 3. The number of hydrogen-bond donors (Lipinski definition) is 0. The predicted octanol–water partition coefficient (Wildman–Crippen LogP) is 2.55. The van der Waals surface area contributed by atoms with Crippen molar-refractivity contribution in [3.8, 4) is 0 Å². The number of halogens is 1. The average Bonchev–Trinajstić information content (AvgIpc) is 2.93. The number of aromatic nitrogens is 1. The quantitative estimate of drug-likeness (QED) is 0.872. The molecule has 2 aromatic rings. The summed E-state index contributed by atoms with van der Waals surface area (Å²) in [5.41, 5.74) is 1.61. The number of benzene rings is 1. The lowest BCUT2D eigenvalue weighted by Crippen LogP contribution is -2.48. The molecule has 1 aliphatic rings. The summed E-state index contributed by atoms with van der Waals surface area (Å²) in [4.78, 5) is 21.0. The SMILES string of the molecule is Cc1csc(CN2CCN(C(=O)c3ccc(F)cc3)CC2)n1. The van der Waals surface area contributed by atoms with Gasteiger partial charge in [0.2, 0.25) is 0 Å². The Kier molecular flexibility index (Phi) is 4.49. The molecule has 0 spiro atoms. The molecular weight excluding hydrogens is 301 g/mol. The molecule has 0 saturated carbocycles. The standard InChI is InChI=1S/C16H18FN3OS/c1-12-11-22-15(18-12)10-19-6-8-20(9-7-19)16(21)13-2-4-14(17)5-3-13/h2-5,11H,6-10H2,1H3. The van der Waals surface area contributed by atoms with Crippen LogP contribution in [-0.4, -0.2) is 46.9 Å². The van der Waals surface area contributed by atoms with Gasteiger partial charge in [-0.05, 0) is 31.2 Å². The summed E-state index contributed by atoms with van der Waals surface area (Å²) in [7, 11) is 0. The zero-order valence-electron chi connectivity index (χ0n) is 12.5. The van der Waals surface area contributed by atoms with Crippen molar-refractivity contribution in [3.63, 3.8) is 0 Å². The van der Waals surface area contributed by atoms with Crippen LogP contribution in [0.5, 0.6) is 0 Å². The predicted molar refractivity (Wildman–Crippen MR) is 84.4 cm³/mol. The van der Waals surface area contributed by atoms with Crippen LogP contribution in [0.2, 0.25) is 0 Å². The van der Waals surface area contributed by atoms with Gasteiger partial charge in [-0.1, -0.05) is 0 Å². The second-order valence-electron chi connectivity index (χ2n) is 5.46. The topological polar surface area (TPSA) is 36.4 Å². The normalized spacial score (nSPS) is 16.0. The van der Waals surface area contributed by atoms with Crippen LogP contribution in [0.3, 0.4) is 0 Å². The van der Waals surface area contributed by atoms with Gasteiger partial charge in [-0.2, -0.15) is 0 Å². The van der Waals surface area contributed by atoms with Crippen molar-refractivity contribution in [3.05, 3.63) is 51.7 Å². The molecule has 0 radical (unpaired) electrons. The molecule has 2 heterocycles. The lowest BCUT2D eigenvalue weighted by Gasteiger charge is -2.34. The van der Waals surface area contributed by atoms with Crippen molar-refractivity contribution in [1.29, 1.82) is 0 Å². The summed E-state index contributed by atoms with van der Waals surface area (Å²) < 4.78 is 12.9. The highest BCUT2D eigenvalue weighted by molar-refractivity contribution is 7.09. The molecule has 0 bridgehead atoms. The van der Waals surface area contributed by atoms with E-state index in [9.17, 15) is 9.18 Å². The third-order valence-electron chi connectivity index (χ3n) is 3.78. The molecule has 6 heteroatoms. The second-order valence-corrected chi connectivity index (χ2v) is 6.40. The molecule has 1 aliphatic heterocycles. The average molecular weight is 319 g/mol. The summed E-state index contributed by atoms with van der Waals surface area (Å²) in [5, 5.41) is 3.18. The van der Waals surface area contributed by atoms with Crippen molar-refractivity contribution in [2.45, 2.75) is 13.5 Å². The Balaban J connectivity index is 1.55. The Bertz CT molecular complexity index is 648. The van der Waals surface area contributed by atoms with Crippen molar-refractivity contribution in [2.75, 3.05) is 26.2 Å². The van der Waals surface area contributed by atoms with Gasteiger partial charge in [0.15, 0.2) is 0 Å². The molecule has 0 unspecified atom stereocenters. The molecule has 0 N–H and O–H groups in total. The van der Waals surface area contributed by atoms with Gasteiger partial charge < -0.3 is 4.90 Å². The maximum Gasteiger partial charge on any atom is 0.253 e. The second kappa shape index (κ2) is 6.54. The zero-order chi connectivity index (χ0) is 15.5. The van der Waals surface area contributed by atoms with Gasteiger partial charge >= 0.3 is 0 Å². The van der Waals surface area contributed by atoms with Gasteiger partial charge in [-0.25, -0.2) is 9.37 Å². The smallest absolute Gasteiger partial charge is 0.253 e. The van der Waals surface area contributed by atoms with E-state index in [1.807, 2.05) is 11.8 Å². The van der Waals surface area contributed by atoms with Crippen molar-refractivity contribution >= 4 is 17.2 Å². The highest BCUT2D eigenvalue weighted by Crippen LogP contribution is 2.14. The molecule has 22 heavy (non-hydrogen) atoms. The minimum absolute atomic E-state index is 0.0234. The third kappa shape index (κ3) is 3.51. The van der Waals surface area contributed by atoms with Crippen LogP contribution in [0.25, 0.3) is 0 Å². The maximum absolute atomic E-state index is 12.9. The fourth-order valence-electron chi connectivity index (χ4n) is 2.55. The van der Waals surface area contributed by atoms with Crippen molar-refractivity contribution in [2.24, 2.45) is 0 Å². The van der Waals surface area contributed by atoms with Crippen LogP contribution >= 0.6 is 11.3 Å². The number of rotatable bonds is 3. The molecule has 1 fully saturated rings. The molecule has 4 nitrogen and oxygen atoms in total. The van der Waals surface area contributed by atoms with E-state index in [2.05, 4.69) is 15.3 Å². The highest BCUT2D eigenvalue weighted by atomic mass is 32.1. The molecule has 1 amide bonds.